The number of anilines is 1. The molecule has 1 unspecified atom stereocenters. The molecule has 2 aromatic rings. The standard InChI is InChI=1S/C17H25N3/c1-10(2)12(5)16-15(17(18)20-19-16)14-8-6-13(7-9-14)11(3)4/h6-12H,1-5H3,(H3,18,19,20). The van der Waals surface area contributed by atoms with Crippen LogP contribution in [0, 0.1) is 5.92 Å². The third-order valence-electron chi connectivity index (χ3n) is 4.14. The maximum absolute atomic E-state index is 6.07. The van der Waals surface area contributed by atoms with Crippen molar-refractivity contribution < 1.29 is 0 Å². The predicted octanol–water partition coefficient (Wildman–Crippen LogP) is 4.54. The molecule has 108 valence electrons. The number of benzene rings is 1. The molecule has 0 aliphatic rings. The average Bonchev–Trinajstić information content (AvgIpc) is 2.79. The third-order valence-corrected chi connectivity index (χ3v) is 4.14. The van der Waals surface area contributed by atoms with Crippen molar-refractivity contribution in [2.75, 3.05) is 5.73 Å². The first-order chi connectivity index (χ1) is 9.41. The Morgan fingerprint density at radius 2 is 1.60 bits per heavy atom. The zero-order chi connectivity index (χ0) is 14.9. The molecular formula is C17H25N3. The highest BCUT2D eigenvalue weighted by Crippen LogP contribution is 2.35. The lowest BCUT2D eigenvalue weighted by molar-refractivity contribution is 0.523. The summed E-state index contributed by atoms with van der Waals surface area (Å²) < 4.78 is 0. The molecule has 20 heavy (non-hydrogen) atoms. The second kappa shape index (κ2) is 5.70. The van der Waals surface area contributed by atoms with Gasteiger partial charge in [0.2, 0.25) is 0 Å². The van der Waals surface area contributed by atoms with Gasteiger partial charge in [-0.15, -0.1) is 0 Å². The van der Waals surface area contributed by atoms with Crippen LogP contribution in [0.5, 0.6) is 0 Å². The summed E-state index contributed by atoms with van der Waals surface area (Å²) in [4.78, 5) is 0. The van der Waals surface area contributed by atoms with Crippen LogP contribution in [0.25, 0.3) is 11.1 Å². The fourth-order valence-corrected chi connectivity index (χ4v) is 2.37. The zero-order valence-corrected chi connectivity index (χ0v) is 13.1. The first-order valence-electron chi connectivity index (χ1n) is 7.35. The zero-order valence-electron chi connectivity index (χ0n) is 13.1. The van der Waals surface area contributed by atoms with Crippen LogP contribution < -0.4 is 5.73 Å². The Labute approximate surface area is 121 Å². The number of aromatic amines is 1. The van der Waals surface area contributed by atoms with E-state index >= 15 is 0 Å². The number of rotatable bonds is 4. The van der Waals surface area contributed by atoms with Crippen molar-refractivity contribution in [3.63, 3.8) is 0 Å². The summed E-state index contributed by atoms with van der Waals surface area (Å²) in [6.07, 6.45) is 0. The average molecular weight is 271 g/mol. The van der Waals surface area contributed by atoms with E-state index in [2.05, 4.69) is 69.1 Å². The molecule has 0 saturated carbocycles. The molecule has 3 heteroatoms. The first kappa shape index (κ1) is 14.6. The molecule has 1 atom stereocenters. The molecule has 0 aliphatic carbocycles. The normalized spacial score (nSPS) is 13.2. The van der Waals surface area contributed by atoms with Crippen molar-refractivity contribution in [2.45, 2.75) is 46.5 Å². The van der Waals surface area contributed by atoms with Gasteiger partial charge in [-0.1, -0.05) is 58.9 Å². The Morgan fingerprint density at radius 3 is 2.10 bits per heavy atom. The summed E-state index contributed by atoms with van der Waals surface area (Å²) in [5, 5.41) is 7.32. The monoisotopic (exact) mass is 271 g/mol. The van der Waals surface area contributed by atoms with Gasteiger partial charge in [-0.25, -0.2) is 0 Å². The molecule has 1 aromatic heterocycles. The Morgan fingerprint density at radius 1 is 1.00 bits per heavy atom. The predicted molar refractivity (Wildman–Crippen MR) is 85.8 cm³/mol. The number of nitrogens with one attached hydrogen (secondary N) is 1. The van der Waals surface area contributed by atoms with Crippen LogP contribution in [0.15, 0.2) is 24.3 Å². The van der Waals surface area contributed by atoms with Gasteiger partial charge >= 0.3 is 0 Å². The molecule has 1 aromatic carbocycles. The third kappa shape index (κ3) is 2.72. The van der Waals surface area contributed by atoms with Gasteiger partial charge in [0, 0.05) is 17.2 Å². The maximum atomic E-state index is 6.07. The lowest BCUT2D eigenvalue weighted by atomic mass is 9.89. The highest BCUT2D eigenvalue weighted by atomic mass is 15.2. The summed E-state index contributed by atoms with van der Waals surface area (Å²) in [5.41, 5.74) is 10.7. The van der Waals surface area contributed by atoms with Crippen molar-refractivity contribution >= 4 is 5.82 Å². The summed E-state index contributed by atoms with van der Waals surface area (Å²) in [6.45, 7) is 11.0. The molecular weight excluding hydrogens is 246 g/mol. The lowest BCUT2D eigenvalue weighted by Crippen LogP contribution is -2.04. The minimum absolute atomic E-state index is 0.402. The van der Waals surface area contributed by atoms with Gasteiger partial charge < -0.3 is 5.73 Å². The van der Waals surface area contributed by atoms with Crippen LogP contribution in [0.2, 0.25) is 0 Å². The Kier molecular flexibility index (Phi) is 4.17. The molecule has 0 radical (unpaired) electrons. The van der Waals surface area contributed by atoms with E-state index in [-0.39, 0.29) is 0 Å². The number of H-pyrrole nitrogens is 1. The number of nitrogens with zero attached hydrogens (tertiary/aromatic N) is 1. The highest BCUT2D eigenvalue weighted by molar-refractivity contribution is 5.76. The van der Waals surface area contributed by atoms with Gasteiger partial charge in [0.1, 0.15) is 0 Å². The molecule has 0 spiro atoms. The van der Waals surface area contributed by atoms with E-state index in [9.17, 15) is 0 Å². The molecule has 0 amide bonds. The van der Waals surface area contributed by atoms with E-state index in [1.165, 1.54) is 5.56 Å². The quantitative estimate of drug-likeness (QED) is 0.857. The Balaban J connectivity index is 2.44. The van der Waals surface area contributed by atoms with Crippen LogP contribution in [-0.2, 0) is 0 Å². The Bertz CT molecular complexity index is 564. The minimum atomic E-state index is 0.402. The van der Waals surface area contributed by atoms with E-state index in [1.807, 2.05) is 0 Å². The van der Waals surface area contributed by atoms with Gasteiger partial charge in [-0.05, 0) is 23.0 Å². The van der Waals surface area contributed by atoms with Gasteiger partial charge in [-0.3, -0.25) is 5.10 Å². The van der Waals surface area contributed by atoms with E-state index in [4.69, 9.17) is 5.73 Å². The molecule has 0 fully saturated rings. The van der Waals surface area contributed by atoms with Gasteiger partial charge in [0.25, 0.3) is 0 Å². The van der Waals surface area contributed by atoms with E-state index in [0.29, 0.717) is 23.6 Å². The summed E-state index contributed by atoms with van der Waals surface area (Å²) >= 11 is 0. The maximum Gasteiger partial charge on any atom is 0.153 e. The van der Waals surface area contributed by atoms with Crippen LogP contribution >= 0.6 is 0 Å². The molecule has 0 saturated heterocycles. The van der Waals surface area contributed by atoms with Gasteiger partial charge in [0.05, 0.1) is 0 Å². The minimum Gasteiger partial charge on any atom is -0.382 e. The van der Waals surface area contributed by atoms with Crippen LogP contribution in [0.4, 0.5) is 5.82 Å². The first-order valence-corrected chi connectivity index (χ1v) is 7.35. The molecule has 1 heterocycles. The smallest absolute Gasteiger partial charge is 0.153 e. The van der Waals surface area contributed by atoms with Crippen molar-refractivity contribution in [1.29, 1.82) is 0 Å². The van der Waals surface area contributed by atoms with Crippen molar-refractivity contribution in [3.8, 4) is 11.1 Å². The van der Waals surface area contributed by atoms with Crippen LogP contribution in [0.3, 0.4) is 0 Å². The van der Waals surface area contributed by atoms with Crippen molar-refractivity contribution in [2.24, 2.45) is 5.92 Å². The van der Waals surface area contributed by atoms with E-state index in [0.717, 1.165) is 16.8 Å². The van der Waals surface area contributed by atoms with Gasteiger partial charge in [0.15, 0.2) is 5.82 Å². The van der Waals surface area contributed by atoms with Crippen LogP contribution in [0.1, 0.15) is 57.7 Å². The number of hydrogen-bond donors (Lipinski definition) is 2. The number of hydrogen-bond acceptors (Lipinski definition) is 2. The number of nitrogens with two attached hydrogens (primary N) is 1. The second-order valence-corrected chi connectivity index (χ2v) is 6.21. The van der Waals surface area contributed by atoms with Gasteiger partial charge in [-0.2, -0.15) is 5.10 Å². The number of aromatic nitrogens is 2. The molecule has 2 rings (SSSR count). The summed E-state index contributed by atoms with van der Waals surface area (Å²) in [7, 11) is 0. The largest absolute Gasteiger partial charge is 0.382 e. The summed E-state index contributed by atoms with van der Waals surface area (Å²) in [6, 6.07) is 8.65. The molecule has 3 N–H and O–H groups in total. The molecule has 3 nitrogen and oxygen atoms in total. The fraction of sp³-hybridized carbons (Fsp3) is 0.471. The lowest BCUT2D eigenvalue weighted by Gasteiger charge is -2.16. The number of nitrogen functional groups attached to an aromatic ring is 1. The fourth-order valence-electron chi connectivity index (χ4n) is 2.37. The second-order valence-electron chi connectivity index (χ2n) is 6.21. The Hall–Kier alpha value is -1.77. The van der Waals surface area contributed by atoms with Crippen molar-refractivity contribution in [1.82, 2.24) is 10.2 Å². The topological polar surface area (TPSA) is 54.7 Å². The van der Waals surface area contributed by atoms with E-state index in [1.54, 1.807) is 0 Å². The highest BCUT2D eigenvalue weighted by Gasteiger charge is 2.20. The van der Waals surface area contributed by atoms with Crippen molar-refractivity contribution in [3.05, 3.63) is 35.5 Å². The summed E-state index contributed by atoms with van der Waals surface area (Å²) in [5.74, 6) is 2.08. The van der Waals surface area contributed by atoms with E-state index < -0.39 is 0 Å². The molecule has 0 aliphatic heterocycles. The SMILES string of the molecule is CC(C)c1ccc(-c2c(N)n[nH]c2C(C)C(C)C)cc1. The molecule has 0 bridgehead atoms. The van der Waals surface area contributed by atoms with Crippen LogP contribution in [-0.4, -0.2) is 10.2 Å².